The third kappa shape index (κ3) is 7.01. The fraction of sp³-hybridized carbons (Fsp3) is 0.462. The summed E-state index contributed by atoms with van der Waals surface area (Å²) in [4.78, 5) is 15.6. The number of carbonyl (C=O) groups is 1. The second kappa shape index (κ2) is 11.7. The van der Waals surface area contributed by atoms with Crippen LogP contribution in [0, 0.1) is 6.92 Å². The Morgan fingerprint density at radius 1 is 1.06 bits per heavy atom. The highest BCUT2D eigenvalue weighted by Crippen LogP contribution is 2.02. The molecule has 0 unspecified atom stereocenters. The van der Waals surface area contributed by atoms with Gasteiger partial charge in [0.15, 0.2) is 0 Å². The van der Waals surface area contributed by atoms with Crippen molar-refractivity contribution >= 4 is 5.91 Å². The second-order valence-electron chi connectivity index (χ2n) is 2.50. The highest BCUT2D eigenvalue weighted by atomic mass is 16.6. The van der Waals surface area contributed by atoms with E-state index in [1.54, 1.807) is 12.1 Å². The Bertz CT molecular complexity index is 268. The van der Waals surface area contributed by atoms with E-state index < -0.39 is 0 Å². The molecule has 1 aromatic rings. The van der Waals surface area contributed by atoms with Gasteiger partial charge in [0.05, 0.1) is 7.11 Å². The van der Waals surface area contributed by atoms with Crippen molar-refractivity contribution in [1.29, 1.82) is 0 Å². The predicted molar refractivity (Wildman–Crippen MR) is 68.4 cm³/mol. The quantitative estimate of drug-likeness (QED) is 0.784. The van der Waals surface area contributed by atoms with Gasteiger partial charge in [0.2, 0.25) is 0 Å². The summed E-state index contributed by atoms with van der Waals surface area (Å²) in [6.07, 6.45) is 0. The van der Waals surface area contributed by atoms with Crippen LogP contribution in [0.2, 0.25) is 0 Å². The number of amides is 1. The fourth-order valence-corrected chi connectivity index (χ4v) is 0.857. The van der Waals surface area contributed by atoms with Crippen molar-refractivity contribution in [1.82, 2.24) is 5.48 Å². The molecule has 1 aromatic carbocycles. The second-order valence-corrected chi connectivity index (χ2v) is 2.50. The molecule has 0 aliphatic rings. The van der Waals surface area contributed by atoms with Gasteiger partial charge in [-0.1, -0.05) is 45.4 Å². The van der Waals surface area contributed by atoms with Gasteiger partial charge in [-0.05, 0) is 19.1 Å². The van der Waals surface area contributed by atoms with Crippen molar-refractivity contribution in [2.45, 2.75) is 34.6 Å². The Morgan fingerprint density at radius 3 is 1.88 bits per heavy atom. The van der Waals surface area contributed by atoms with Crippen LogP contribution in [0.15, 0.2) is 24.3 Å². The number of hydrogen-bond acceptors (Lipinski definition) is 2. The standard InChI is InChI=1S/C9H11NO2.2C2H6/c1-7-3-5-8(6-4-7)9(11)10-12-2;2*1-2/h3-6H,1-2H3,(H,10,11);2*1-2H3. The summed E-state index contributed by atoms with van der Waals surface area (Å²) < 4.78 is 0. The van der Waals surface area contributed by atoms with Crippen LogP contribution in [0.1, 0.15) is 43.6 Å². The maximum atomic E-state index is 11.1. The number of hydrogen-bond donors (Lipinski definition) is 1. The summed E-state index contributed by atoms with van der Waals surface area (Å²) in [7, 11) is 1.41. The van der Waals surface area contributed by atoms with E-state index in [9.17, 15) is 4.79 Å². The van der Waals surface area contributed by atoms with E-state index >= 15 is 0 Å². The van der Waals surface area contributed by atoms with Crippen molar-refractivity contribution in [2.24, 2.45) is 0 Å². The van der Waals surface area contributed by atoms with Crippen LogP contribution in [0.5, 0.6) is 0 Å². The van der Waals surface area contributed by atoms with Gasteiger partial charge >= 0.3 is 0 Å². The van der Waals surface area contributed by atoms with E-state index in [-0.39, 0.29) is 5.91 Å². The topological polar surface area (TPSA) is 38.3 Å². The summed E-state index contributed by atoms with van der Waals surface area (Å²) in [6, 6.07) is 7.27. The Morgan fingerprint density at radius 2 is 1.50 bits per heavy atom. The van der Waals surface area contributed by atoms with E-state index in [0.29, 0.717) is 5.56 Å². The summed E-state index contributed by atoms with van der Waals surface area (Å²) >= 11 is 0. The summed E-state index contributed by atoms with van der Waals surface area (Å²) in [5.41, 5.74) is 3.97. The first-order chi connectivity index (χ1) is 7.74. The summed E-state index contributed by atoms with van der Waals surface area (Å²) in [5.74, 6) is -0.225. The Labute approximate surface area is 98.8 Å². The zero-order valence-electron chi connectivity index (χ0n) is 11.1. The molecule has 0 spiro atoms. The third-order valence-electron chi connectivity index (χ3n) is 1.51. The van der Waals surface area contributed by atoms with E-state index in [2.05, 4.69) is 10.3 Å². The van der Waals surface area contributed by atoms with Crippen LogP contribution in [-0.2, 0) is 4.84 Å². The lowest BCUT2D eigenvalue weighted by molar-refractivity contribution is 0.0537. The first-order valence-corrected chi connectivity index (χ1v) is 5.64. The molecule has 0 atom stereocenters. The maximum Gasteiger partial charge on any atom is 0.274 e. The van der Waals surface area contributed by atoms with Gasteiger partial charge < -0.3 is 0 Å². The fourth-order valence-electron chi connectivity index (χ4n) is 0.857. The van der Waals surface area contributed by atoms with Crippen LogP contribution in [0.25, 0.3) is 0 Å². The molecular formula is C13H23NO2. The lowest BCUT2D eigenvalue weighted by Gasteiger charge is -2.01. The summed E-state index contributed by atoms with van der Waals surface area (Å²) in [6.45, 7) is 9.97. The Balaban J connectivity index is 0. The molecule has 3 heteroatoms. The lowest BCUT2D eigenvalue weighted by atomic mass is 10.1. The molecule has 0 aliphatic heterocycles. The van der Waals surface area contributed by atoms with Crippen molar-refractivity contribution in [2.75, 3.05) is 7.11 Å². The number of aryl methyl sites for hydroxylation is 1. The number of carbonyl (C=O) groups excluding carboxylic acids is 1. The molecule has 0 bridgehead atoms. The van der Waals surface area contributed by atoms with Crippen LogP contribution < -0.4 is 5.48 Å². The zero-order chi connectivity index (χ0) is 13.0. The summed E-state index contributed by atoms with van der Waals surface area (Å²) in [5, 5.41) is 0. The molecule has 92 valence electrons. The van der Waals surface area contributed by atoms with Gasteiger partial charge in [-0.25, -0.2) is 5.48 Å². The van der Waals surface area contributed by atoms with E-state index in [1.807, 2.05) is 46.8 Å². The van der Waals surface area contributed by atoms with Crippen LogP contribution in [-0.4, -0.2) is 13.0 Å². The third-order valence-corrected chi connectivity index (χ3v) is 1.51. The monoisotopic (exact) mass is 225 g/mol. The predicted octanol–water partition coefficient (Wildman–Crippen LogP) is 3.34. The molecule has 0 aromatic heterocycles. The normalized spacial score (nSPS) is 7.88. The molecule has 1 rings (SSSR count). The van der Waals surface area contributed by atoms with Gasteiger partial charge in [-0.3, -0.25) is 9.63 Å². The number of benzene rings is 1. The first kappa shape index (κ1) is 17.1. The van der Waals surface area contributed by atoms with Gasteiger partial charge in [-0.15, -0.1) is 0 Å². The maximum absolute atomic E-state index is 11.1. The van der Waals surface area contributed by atoms with Crippen LogP contribution in [0.3, 0.4) is 0 Å². The van der Waals surface area contributed by atoms with Gasteiger partial charge in [0.1, 0.15) is 0 Å². The molecule has 0 radical (unpaired) electrons. The molecule has 1 amide bonds. The first-order valence-electron chi connectivity index (χ1n) is 5.64. The minimum Gasteiger partial charge on any atom is -0.277 e. The number of hydroxylamine groups is 1. The van der Waals surface area contributed by atoms with Crippen molar-refractivity contribution < 1.29 is 9.63 Å². The molecule has 16 heavy (non-hydrogen) atoms. The minimum absolute atomic E-state index is 0.225. The molecule has 3 nitrogen and oxygen atoms in total. The Kier molecular flexibility index (Phi) is 12.5. The van der Waals surface area contributed by atoms with E-state index in [1.165, 1.54) is 7.11 Å². The average molecular weight is 225 g/mol. The largest absolute Gasteiger partial charge is 0.277 e. The molecule has 0 aliphatic carbocycles. The zero-order valence-corrected chi connectivity index (χ0v) is 11.1. The van der Waals surface area contributed by atoms with Crippen LogP contribution >= 0.6 is 0 Å². The van der Waals surface area contributed by atoms with Crippen molar-refractivity contribution in [3.05, 3.63) is 35.4 Å². The van der Waals surface area contributed by atoms with Crippen molar-refractivity contribution in [3.8, 4) is 0 Å². The molecule has 0 fully saturated rings. The minimum atomic E-state index is -0.225. The van der Waals surface area contributed by atoms with E-state index in [4.69, 9.17) is 0 Å². The van der Waals surface area contributed by atoms with Crippen LogP contribution in [0.4, 0.5) is 0 Å². The van der Waals surface area contributed by atoms with Gasteiger partial charge in [0.25, 0.3) is 5.91 Å². The van der Waals surface area contributed by atoms with Gasteiger partial charge in [0, 0.05) is 5.56 Å². The molecule has 0 saturated carbocycles. The lowest BCUT2D eigenvalue weighted by Crippen LogP contribution is -2.21. The van der Waals surface area contributed by atoms with Crippen molar-refractivity contribution in [3.63, 3.8) is 0 Å². The molecular weight excluding hydrogens is 202 g/mol. The SMILES string of the molecule is CC.CC.CONC(=O)c1ccc(C)cc1. The van der Waals surface area contributed by atoms with Gasteiger partial charge in [-0.2, -0.15) is 0 Å². The molecule has 0 heterocycles. The smallest absolute Gasteiger partial charge is 0.274 e. The molecule has 0 saturated heterocycles. The number of rotatable bonds is 2. The highest BCUT2D eigenvalue weighted by Gasteiger charge is 2.02. The average Bonchev–Trinajstić information content (AvgIpc) is 2.35. The number of nitrogens with one attached hydrogen (secondary N) is 1. The van der Waals surface area contributed by atoms with E-state index in [0.717, 1.165) is 5.56 Å². The Hall–Kier alpha value is -1.35. The molecule has 1 N–H and O–H groups in total. The highest BCUT2D eigenvalue weighted by molar-refractivity contribution is 5.93.